The zero-order valence-corrected chi connectivity index (χ0v) is 21.2. The summed E-state index contributed by atoms with van der Waals surface area (Å²) in [5.74, 6) is -0.471. The lowest BCUT2D eigenvalue weighted by atomic mass is 10.0. The molecule has 0 spiro atoms. The highest BCUT2D eigenvalue weighted by Gasteiger charge is 2.29. The Bertz CT molecular complexity index is 1650. The summed E-state index contributed by atoms with van der Waals surface area (Å²) in [5.41, 5.74) is 0.364. The summed E-state index contributed by atoms with van der Waals surface area (Å²) >= 11 is 6.46. The molecule has 1 aliphatic heterocycles. The lowest BCUT2D eigenvalue weighted by Gasteiger charge is -2.39. The van der Waals surface area contributed by atoms with E-state index in [1.165, 1.54) is 6.20 Å². The van der Waals surface area contributed by atoms with Crippen LogP contribution in [-0.2, 0) is 9.84 Å². The van der Waals surface area contributed by atoms with E-state index in [9.17, 15) is 13.7 Å². The van der Waals surface area contributed by atoms with E-state index < -0.39 is 20.8 Å². The highest BCUT2D eigenvalue weighted by molar-refractivity contribution is 7.90. The van der Waals surface area contributed by atoms with Crippen molar-refractivity contribution < 1.29 is 12.8 Å². The molecule has 0 amide bonds. The molecule has 1 saturated heterocycles. The number of anilines is 1. The molecule has 2 aromatic carbocycles. The number of halogens is 2. The minimum atomic E-state index is -3.85. The van der Waals surface area contributed by atoms with Gasteiger partial charge >= 0.3 is 0 Å². The molecule has 0 N–H and O–H groups in total. The molecule has 5 rings (SSSR count). The van der Waals surface area contributed by atoms with Gasteiger partial charge in [-0.2, -0.15) is 5.26 Å². The number of aromatic nitrogens is 3. The Labute approximate surface area is 212 Å². The highest BCUT2D eigenvalue weighted by atomic mass is 35.5. The molecule has 1 atom stereocenters. The Hall–Kier alpha value is -3.39. The van der Waals surface area contributed by atoms with Crippen molar-refractivity contribution in [1.29, 1.82) is 5.26 Å². The van der Waals surface area contributed by atoms with Crippen LogP contribution in [0.15, 0.2) is 47.8 Å². The van der Waals surface area contributed by atoms with Crippen LogP contribution in [0.25, 0.3) is 32.9 Å². The van der Waals surface area contributed by atoms with Crippen LogP contribution in [0.3, 0.4) is 0 Å². The van der Waals surface area contributed by atoms with E-state index in [0.717, 1.165) is 11.6 Å². The third-order valence-corrected chi connectivity index (χ3v) is 7.65. The Morgan fingerprint density at radius 3 is 2.67 bits per heavy atom. The first-order valence-corrected chi connectivity index (χ1v) is 13.5. The van der Waals surface area contributed by atoms with E-state index in [2.05, 4.69) is 25.9 Å². The molecule has 184 valence electrons. The van der Waals surface area contributed by atoms with Crippen molar-refractivity contribution in [2.24, 2.45) is 0 Å². The predicted molar refractivity (Wildman–Crippen MR) is 137 cm³/mol. The third kappa shape index (κ3) is 4.23. The number of rotatable bonds is 4. The predicted octanol–water partition coefficient (Wildman–Crippen LogP) is 4.08. The molecule has 4 aromatic rings. The average Bonchev–Trinajstić information content (AvgIpc) is 2.85. The summed E-state index contributed by atoms with van der Waals surface area (Å²) in [6, 6.07) is 12.9. The number of hydrogen-bond acceptors (Lipinski definition) is 8. The minimum Gasteiger partial charge on any atom is -0.353 e. The average molecular weight is 525 g/mol. The maximum absolute atomic E-state index is 16.1. The second-order valence-corrected chi connectivity index (χ2v) is 11.2. The van der Waals surface area contributed by atoms with E-state index in [1.807, 2.05) is 30.1 Å². The van der Waals surface area contributed by atoms with Crippen molar-refractivity contribution in [2.45, 2.75) is 17.6 Å². The van der Waals surface area contributed by atoms with Crippen LogP contribution in [0.2, 0.25) is 5.02 Å². The Balaban J connectivity index is 1.74. The van der Waals surface area contributed by atoms with Crippen molar-refractivity contribution in [2.75, 3.05) is 37.8 Å². The van der Waals surface area contributed by atoms with Crippen LogP contribution in [0.4, 0.5) is 10.2 Å². The van der Waals surface area contributed by atoms with Crippen LogP contribution < -0.4 is 4.90 Å². The zero-order valence-electron chi connectivity index (χ0n) is 19.6. The number of sulfone groups is 1. The largest absolute Gasteiger partial charge is 0.353 e. The number of nitriles is 1. The monoisotopic (exact) mass is 524 g/mol. The smallest absolute Gasteiger partial charge is 0.249 e. The maximum Gasteiger partial charge on any atom is 0.249 e. The first kappa shape index (κ1) is 24.3. The molecule has 1 fully saturated rings. The lowest BCUT2D eigenvalue weighted by Crippen LogP contribution is -2.51. The SMILES string of the molecule is CN1CCN(c2nc(S(C)(=O)=O)nc3c(F)c(-c4cccc5cccc(Cl)c45)ncc23)C[C@@H]1CC#N. The van der Waals surface area contributed by atoms with Gasteiger partial charge < -0.3 is 4.90 Å². The van der Waals surface area contributed by atoms with Gasteiger partial charge in [0.15, 0.2) is 5.82 Å². The Morgan fingerprint density at radius 1 is 1.19 bits per heavy atom. The number of piperazine rings is 1. The summed E-state index contributed by atoms with van der Waals surface area (Å²) < 4.78 is 41.1. The number of likely N-dealkylation sites (N-methyl/N-ethyl adjacent to an activating group) is 1. The van der Waals surface area contributed by atoms with E-state index in [-0.39, 0.29) is 23.1 Å². The fourth-order valence-corrected chi connectivity index (χ4v) is 5.37. The van der Waals surface area contributed by atoms with Gasteiger partial charge in [0.05, 0.1) is 17.9 Å². The summed E-state index contributed by atoms with van der Waals surface area (Å²) in [7, 11) is -1.91. The fraction of sp³-hybridized carbons (Fsp3) is 0.280. The fourth-order valence-electron chi connectivity index (χ4n) is 4.57. The number of pyridine rings is 1. The lowest BCUT2D eigenvalue weighted by molar-refractivity contribution is 0.221. The molecule has 8 nitrogen and oxygen atoms in total. The molecule has 3 heterocycles. The van der Waals surface area contributed by atoms with Gasteiger partial charge in [0.1, 0.15) is 17.0 Å². The molecule has 0 aliphatic carbocycles. The van der Waals surface area contributed by atoms with E-state index in [0.29, 0.717) is 47.4 Å². The first-order valence-electron chi connectivity index (χ1n) is 11.2. The van der Waals surface area contributed by atoms with Crippen molar-refractivity contribution in [3.05, 3.63) is 53.4 Å². The normalized spacial score (nSPS) is 17.0. The van der Waals surface area contributed by atoms with Crippen molar-refractivity contribution >= 4 is 48.9 Å². The van der Waals surface area contributed by atoms with Crippen LogP contribution in [-0.4, -0.2) is 67.2 Å². The van der Waals surface area contributed by atoms with Gasteiger partial charge in [0.25, 0.3) is 0 Å². The van der Waals surface area contributed by atoms with E-state index in [4.69, 9.17) is 11.6 Å². The molecule has 11 heteroatoms. The molecule has 2 aromatic heterocycles. The topological polar surface area (TPSA) is 103 Å². The van der Waals surface area contributed by atoms with Gasteiger partial charge in [-0.3, -0.25) is 9.88 Å². The summed E-state index contributed by atoms with van der Waals surface area (Å²) in [6.45, 7) is 1.59. The number of hydrogen-bond donors (Lipinski definition) is 0. The molecule has 0 saturated carbocycles. The van der Waals surface area contributed by atoms with Gasteiger partial charge in [0.2, 0.25) is 15.0 Å². The molecule has 0 bridgehead atoms. The number of nitrogens with zero attached hydrogens (tertiary/aromatic N) is 6. The molecule has 0 unspecified atom stereocenters. The second kappa shape index (κ2) is 9.24. The van der Waals surface area contributed by atoms with Crippen molar-refractivity contribution in [3.63, 3.8) is 0 Å². The Morgan fingerprint density at radius 2 is 1.94 bits per heavy atom. The molecule has 36 heavy (non-hydrogen) atoms. The van der Waals surface area contributed by atoms with Gasteiger partial charge in [-0.15, -0.1) is 0 Å². The number of benzene rings is 2. The second-order valence-electron chi connectivity index (χ2n) is 8.87. The maximum atomic E-state index is 16.1. The highest BCUT2D eigenvalue weighted by Crippen LogP contribution is 2.37. The van der Waals surface area contributed by atoms with E-state index >= 15 is 4.39 Å². The van der Waals surface area contributed by atoms with Crippen LogP contribution in [0, 0.1) is 17.1 Å². The van der Waals surface area contributed by atoms with Crippen LogP contribution in [0.1, 0.15) is 6.42 Å². The summed E-state index contributed by atoms with van der Waals surface area (Å²) in [6.07, 6.45) is 2.76. The molecule has 1 aliphatic rings. The van der Waals surface area contributed by atoms with Gasteiger partial charge in [-0.25, -0.2) is 22.8 Å². The van der Waals surface area contributed by atoms with Gasteiger partial charge in [-0.05, 0) is 18.5 Å². The van der Waals surface area contributed by atoms with Crippen LogP contribution >= 0.6 is 11.6 Å². The Kier molecular flexibility index (Phi) is 6.24. The van der Waals surface area contributed by atoms with Gasteiger partial charge in [0, 0.05) is 54.1 Å². The standard InChI is InChI=1S/C25H22ClFN6O2S/c1-32-11-12-33(14-16(32)9-10-28)24-18-13-29-22(21(27)23(18)30-25(31-24)36(2,34)35)17-7-3-5-15-6-4-8-19(26)20(15)17/h3-8,13,16H,9,11-12,14H2,1-2H3/t16-/m0/s1. The van der Waals surface area contributed by atoms with Gasteiger partial charge in [-0.1, -0.05) is 41.9 Å². The zero-order chi connectivity index (χ0) is 25.6. The summed E-state index contributed by atoms with van der Waals surface area (Å²) in [5, 5.41) is 11.0. The summed E-state index contributed by atoms with van der Waals surface area (Å²) in [4.78, 5) is 16.8. The number of fused-ring (bicyclic) bond motifs is 2. The minimum absolute atomic E-state index is 0.0195. The van der Waals surface area contributed by atoms with Crippen molar-refractivity contribution in [1.82, 2.24) is 19.9 Å². The first-order chi connectivity index (χ1) is 17.2. The molecular formula is C25H22ClFN6O2S. The third-order valence-electron chi connectivity index (χ3n) is 6.49. The quantitative estimate of drug-likeness (QED) is 0.368. The molecular weight excluding hydrogens is 503 g/mol. The van der Waals surface area contributed by atoms with Crippen molar-refractivity contribution in [3.8, 4) is 17.3 Å². The van der Waals surface area contributed by atoms with Crippen LogP contribution in [0.5, 0.6) is 0 Å². The van der Waals surface area contributed by atoms with E-state index in [1.54, 1.807) is 18.2 Å². The molecule has 0 radical (unpaired) electrons.